The number of carbonyl (C=O) groups excluding carboxylic acids is 1. The summed E-state index contributed by atoms with van der Waals surface area (Å²) in [5.74, 6) is 0.562. The number of carbonyl (C=O) groups is 1. The molecule has 0 heterocycles. The van der Waals surface area contributed by atoms with Gasteiger partial charge in [-0.25, -0.2) is 0 Å². The molecule has 0 saturated heterocycles. The van der Waals surface area contributed by atoms with Gasteiger partial charge in [0, 0.05) is 12.6 Å². The molecule has 106 valence electrons. The first-order valence-electron chi connectivity index (χ1n) is 7.06. The first-order chi connectivity index (χ1) is 8.99. The van der Waals surface area contributed by atoms with Gasteiger partial charge < -0.3 is 10.6 Å². The molecule has 3 nitrogen and oxygen atoms in total. The molecule has 0 aromatic heterocycles. The van der Waals surface area contributed by atoms with Crippen LogP contribution in [0.3, 0.4) is 0 Å². The van der Waals surface area contributed by atoms with Crippen molar-refractivity contribution in [3.05, 3.63) is 35.9 Å². The Labute approximate surface area is 116 Å². The average Bonchev–Trinajstić information content (AvgIpc) is 2.36. The van der Waals surface area contributed by atoms with Gasteiger partial charge in [-0.15, -0.1) is 0 Å². The Balaban J connectivity index is 2.35. The molecule has 0 bridgehead atoms. The zero-order valence-electron chi connectivity index (χ0n) is 12.4. The van der Waals surface area contributed by atoms with Gasteiger partial charge in [-0.1, -0.05) is 44.2 Å². The van der Waals surface area contributed by atoms with Crippen LogP contribution < -0.4 is 10.6 Å². The first-order valence-corrected chi connectivity index (χ1v) is 7.06. The van der Waals surface area contributed by atoms with E-state index in [0.717, 1.165) is 13.0 Å². The fourth-order valence-electron chi connectivity index (χ4n) is 1.99. The van der Waals surface area contributed by atoms with Gasteiger partial charge in [0.15, 0.2) is 0 Å². The molecule has 0 radical (unpaired) electrons. The second-order valence-corrected chi connectivity index (χ2v) is 5.62. The first kappa shape index (κ1) is 15.7. The molecule has 0 aliphatic rings. The molecule has 2 N–H and O–H groups in total. The minimum Gasteiger partial charge on any atom is -0.354 e. The molecule has 0 saturated carbocycles. The molecule has 2 unspecified atom stereocenters. The molecule has 0 spiro atoms. The van der Waals surface area contributed by atoms with Gasteiger partial charge in [-0.3, -0.25) is 4.79 Å². The summed E-state index contributed by atoms with van der Waals surface area (Å²) >= 11 is 0. The van der Waals surface area contributed by atoms with Gasteiger partial charge >= 0.3 is 0 Å². The van der Waals surface area contributed by atoms with E-state index < -0.39 is 0 Å². The highest BCUT2D eigenvalue weighted by atomic mass is 16.2. The number of benzene rings is 1. The van der Waals surface area contributed by atoms with Crippen LogP contribution in [0.4, 0.5) is 0 Å². The molecule has 19 heavy (non-hydrogen) atoms. The van der Waals surface area contributed by atoms with Crippen molar-refractivity contribution in [1.29, 1.82) is 0 Å². The van der Waals surface area contributed by atoms with Gasteiger partial charge in [0.2, 0.25) is 5.91 Å². The summed E-state index contributed by atoms with van der Waals surface area (Å²) in [6.45, 7) is 8.95. The normalized spacial score (nSPS) is 14.2. The van der Waals surface area contributed by atoms with Gasteiger partial charge in [0.1, 0.15) is 0 Å². The predicted octanol–water partition coefficient (Wildman–Crippen LogP) is 2.37. The lowest BCUT2D eigenvalue weighted by Gasteiger charge is -2.20. The van der Waals surface area contributed by atoms with Crippen LogP contribution in [-0.4, -0.2) is 24.5 Å². The number of hydrogen-bond acceptors (Lipinski definition) is 2. The van der Waals surface area contributed by atoms with Gasteiger partial charge in [0.25, 0.3) is 0 Å². The standard InChI is InChI=1S/C16H26N2O/c1-12(2)11-17-16(19)14(4)18-13(3)10-15-8-6-5-7-9-15/h5-9,12-14,18H,10-11H2,1-4H3,(H,17,19). The summed E-state index contributed by atoms with van der Waals surface area (Å²) in [5, 5.41) is 6.29. The van der Waals surface area contributed by atoms with Crippen LogP contribution in [0.1, 0.15) is 33.3 Å². The van der Waals surface area contributed by atoms with Crippen LogP contribution >= 0.6 is 0 Å². The second kappa shape index (κ2) is 7.95. The van der Waals surface area contributed by atoms with Crippen molar-refractivity contribution in [3.8, 4) is 0 Å². The molecule has 1 amide bonds. The third kappa shape index (κ3) is 6.39. The lowest BCUT2D eigenvalue weighted by Crippen LogP contribution is -2.47. The third-order valence-corrected chi connectivity index (χ3v) is 3.00. The average molecular weight is 262 g/mol. The van der Waals surface area contributed by atoms with Gasteiger partial charge in [0.05, 0.1) is 6.04 Å². The molecule has 2 atom stereocenters. The van der Waals surface area contributed by atoms with E-state index in [-0.39, 0.29) is 18.0 Å². The zero-order chi connectivity index (χ0) is 14.3. The molecular formula is C16H26N2O. The predicted molar refractivity (Wildman–Crippen MR) is 80.1 cm³/mol. The van der Waals surface area contributed by atoms with E-state index in [1.807, 2.05) is 25.1 Å². The molecule has 0 aliphatic heterocycles. The van der Waals surface area contributed by atoms with Crippen LogP contribution in [0, 0.1) is 5.92 Å². The van der Waals surface area contributed by atoms with Gasteiger partial charge in [-0.2, -0.15) is 0 Å². The summed E-state index contributed by atoms with van der Waals surface area (Å²) in [6.07, 6.45) is 0.933. The van der Waals surface area contributed by atoms with Crippen molar-refractivity contribution < 1.29 is 4.79 Å². The van der Waals surface area contributed by atoms with Gasteiger partial charge in [-0.05, 0) is 31.7 Å². The molecule has 0 fully saturated rings. The second-order valence-electron chi connectivity index (χ2n) is 5.62. The Morgan fingerprint density at radius 1 is 1.11 bits per heavy atom. The Hall–Kier alpha value is -1.35. The highest BCUT2D eigenvalue weighted by Gasteiger charge is 2.15. The maximum atomic E-state index is 11.9. The Morgan fingerprint density at radius 3 is 2.32 bits per heavy atom. The summed E-state index contributed by atoms with van der Waals surface area (Å²) in [7, 11) is 0. The topological polar surface area (TPSA) is 41.1 Å². The summed E-state index contributed by atoms with van der Waals surface area (Å²) in [5.41, 5.74) is 1.29. The largest absolute Gasteiger partial charge is 0.354 e. The fourth-order valence-corrected chi connectivity index (χ4v) is 1.99. The van der Waals surface area contributed by atoms with Crippen molar-refractivity contribution in [2.24, 2.45) is 5.92 Å². The monoisotopic (exact) mass is 262 g/mol. The SMILES string of the molecule is CC(C)CNC(=O)C(C)NC(C)Cc1ccccc1. The maximum absolute atomic E-state index is 11.9. The molecule has 3 heteroatoms. The summed E-state index contributed by atoms with van der Waals surface area (Å²) in [6, 6.07) is 10.5. The van der Waals surface area contributed by atoms with Crippen LogP contribution in [0.5, 0.6) is 0 Å². The third-order valence-electron chi connectivity index (χ3n) is 3.00. The van der Waals surface area contributed by atoms with Crippen molar-refractivity contribution in [1.82, 2.24) is 10.6 Å². The summed E-state index contributed by atoms with van der Waals surface area (Å²) in [4.78, 5) is 11.9. The van der Waals surface area contributed by atoms with Crippen LogP contribution in [-0.2, 0) is 11.2 Å². The number of hydrogen-bond donors (Lipinski definition) is 2. The number of rotatable bonds is 7. The number of amides is 1. The van der Waals surface area contributed by atoms with Crippen LogP contribution in [0.15, 0.2) is 30.3 Å². The van der Waals surface area contributed by atoms with E-state index >= 15 is 0 Å². The van der Waals surface area contributed by atoms with Crippen LogP contribution in [0.2, 0.25) is 0 Å². The Bertz CT molecular complexity index is 376. The molecular weight excluding hydrogens is 236 g/mol. The smallest absolute Gasteiger partial charge is 0.236 e. The number of nitrogens with one attached hydrogen (secondary N) is 2. The maximum Gasteiger partial charge on any atom is 0.236 e. The van der Waals surface area contributed by atoms with E-state index in [9.17, 15) is 4.79 Å². The van der Waals surface area contributed by atoms with Crippen molar-refractivity contribution in [3.63, 3.8) is 0 Å². The minimum absolute atomic E-state index is 0.0774. The van der Waals surface area contributed by atoms with Crippen molar-refractivity contribution >= 4 is 5.91 Å². The van der Waals surface area contributed by atoms with Crippen molar-refractivity contribution in [2.75, 3.05) is 6.54 Å². The minimum atomic E-state index is -0.155. The van der Waals surface area contributed by atoms with E-state index in [4.69, 9.17) is 0 Å². The van der Waals surface area contributed by atoms with E-state index in [2.05, 4.69) is 43.5 Å². The van der Waals surface area contributed by atoms with Crippen LogP contribution in [0.25, 0.3) is 0 Å². The van der Waals surface area contributed by atoms with E-state index in [1.165, 1.54) is 5.56 Å². The van der Waals surface area contributed by atoms with E-state index in [0.29, 0.717) is 5.92 Å². The summed E-state index contributed by atoms with van der Waals surface area (Å²) < 4.78 is 0. The lowest BCUT2D eigenvalue weighted by atomic mass is 10.1. The van der Waals surface area contributed by atoms with E-state index in [1.54, 1.807) is 0 Å². The highest BCUT2D eigenvalue weighted by Crippen LogP contribution is 2.03. The Kier molecular flexibility index (Phi) is 6.57. The molecule has 1 aromatic rings. The lowest BCUT2D eigenvalue weighted by molar-refractivity contribution is -0.123. The molecule has 1 aromatic carbocycles. The fraction of sp³-hybridized carbons (Fsp3) is 0.562. The molecule has 1 rings (SSSR count). The van der Waals surface area contributed by atoms with Crippen molar-refractivity contribution in [2.45, 2.75) is 46.2 Å². The quantitative estimate of drug-likeness (QED) is 0.792. The zero-order valence-corrected chi connectivity index (χ0v) is 12.4. The molecule has 0 aliphatic carbocycles. The Morgan fingerprint density at radius 2 is 1.74 bits per heavy atom. The highest BCUT2D eigenvalue weighted by molar-refractivity contribution is 5.81.